The van der Waals surface area contributed by atoms with Gasteiger partial charge in [0.15, 0.2) is 0 Å². The first-order valence-electron chi connectivity index (χ1n) is 5.78. The quantitative estimate of drug-likeness (QED) is 0.842. The molecule has 2 unspecified atom stereocenters. The van der Waals surface area contributed by atoms with Gasteiger partial charge in [0.05, 0.1) is 6.61 Å². The van der Waals surface area contributed by atoms with Gasteiger partial charge in [-0.3, -0.25) is 0 Å². The van der Waals surface area contributed by atoms with Gasteiger partial charge in [-0.15, -0.1) is 0 Å². The number of rotatable bonds is 4. The van der Waals surface area contributed by atoms with E-state index in [9.17, 15) is 0 Å². The number of ether oxygens (including phenoxy) is 2. The van der Waals surface area contributed by atoms with Crippen LogP contribution in [0.1, 0.15) is 12.0 Å². The number of hydrogen-bond donors (Lipinski definition) is 1. The molecule has 2 rings (SSSR count). The van der Waals surface area contributed by atoms with Crippen molar-refractivity contribution < 1.29 is 9.47 Å². The first-order valence-corrected chi connectivity index (χ1v) is 5.78. The molecule has 0 bridgehead atoms. The van der Waals surface area contributed by atoms with Crippen LogP contribution in [0.5, 0.6) is 5.75 Å². The summed E-state index contributed by atoms with van der Waals surface area (Å²) in [5, 5.41) is 0. The Bertz CT molecular complexity index is 317. The summed E-state index contributed by atoms with van der Waals surface area (Å²) >= 11 is 0. The Hall–Kier alpha value is -1.06. The molecule has 88 valence electrons. The summed E-state index contributed by atoms with van der Waals surface area (Å²) in [4.78, 5) is 0. The van der Waals surface area contributed by atoms with E-state index >= 15 is 0 Å². The summed E-state index contributed by atoms with van der Waals surface area (Å²) in [6.45, 7) is 4.24. The fourth-order valence-electron chi connectivity index (χ4n) is 1.85. The van der Waals surface area contributed by atoms with E-state index < -0.39 is 0 Å². The summed E-state index contributed by atoms with van der Waals surface area (Å²) < 4.78 is 11.0. The van der Waals surface area contributed by atoms with Crippen LogP contribution in [-0.4, -0.2) is 25.9 Å². The fraction of sp³-hybridized carbons (Fsp3) is 0.538. The zero-order valence-electron chi connectivity index (χ0n) is 9.69. The lowest BCUT2D eigenvalue weighted by Crippen LogP contribution is -2.36. The molecule has 3 heteroatoms. The molecule has 16 heavy (non-hydrogen) atoms. The van der Waals surface area contributed by atoms with Crippen LogP contribution < -0.4 is 10.5 Å². The average molecular weight is 221 g/mol. The van der Waals surface area contributed by atoms with Crippen LogP contribution in [0, 0.1) is 12.8 Å². The smallest absolute Gasteiger partial charge is 0.119 e. The highest BCUT2D eigenvalue weighted by molar-refractivity contribution is 5.26. The molecule has 0 aliphatic carbocycles. The van der Waals surface area contributed by atoms with Gasteiger partial charge in [-0.2, -0.15) is 0 Å². The van der Waals surface area contributed by atoms with Crippen LogP contribution in [0.2, 0.25) is 0 Å². The third-order valence-corrected chi connectivity index (χ3v) is 3.03. The normalized spacial score (nSPS) is 22.0. The van der Waals surface area contributed by atoms with Crippen molar-refractivity contribution in [2.24, 2.45) is 11.7 Å². The zero-order valence-corrected chi connectivity index (χ0v) is 9.69. The molecule has 1 fully saturated rings. The van der Waals surface area contributed by atoms with Crippen molar-refractivity contribution in [1.29, 1.82) is 0 Å². The molecule has 1 saturated heterocycles. The Balaban J connectivity index is 1.80. The highest BCUT2D eigenvalue weighted by Crippen LogP contribution is 2.17. The number of nitrogens with two attached hydrogens (primary N) is 1. The van der Waals surface area contributed by atoms with Gasteiger partial charge in [0.25, 0.3) is 0 Å². The van der Waals surface area contributed by atoms with E-state index in [1.165, 1.54) is 5.56 Å². The first kappa shape index (κ1) is 11.4. The molecule has 1 aliphatic rings. The lowest BCUT2D eigenvalue weighted by molar-refractivity contribution is 0.170. The van der Waals surface area contributed by atoms with E-state index in [4.69, 9.17) is 15.2 Å². The third-order valence-electron chi connectivity index (χ3n) is 3.03. The molecular formula is C13H19NO2. The third kappa shape index (κ3) is 2.97. The minimum Gasteiger partial charge on any atom is -0.492 e. The SMILES string of the molecule is Cc1ccc(OCC(N)C2CCOC2)cc1. The number of aryl methyl sites for hydroxylation is 1. The lowest BCUT2D eigenvalue weighted by atomic mass is 10.0. The van der Waals surface area contributed by atoms with Crippen molar-refractivity contribution in [2.75, 3.05) is 19.8 Å². The van der Waals surface area contributed by atoms with E-state index in [0.29, 0.717) is 12.5 Å². The van der Waals surface area contributed by atoms with E-state index in [-0.39, 0.29) is 6.04 Å². The minimum absolute atomic E-state index is 0.0730. The van der Waals surface area contributed by atoms with Crippen molar-refractivity contribution >= 4 is 0 Å². The molecular weight excluding hydrogens is 202 g/mol. The van der Waals surface area contributed by atoms with Gasteiger partial charge in [-0.05, 0) is 25.5 Å². The van der Waals surface area contributed by atoms with Gasteiger partial charge >= 0.3 is 0 Å². The first-order chi connectivity index (χ1) is 7.75. The van der Waals surface area contributed by atoms with E-state index in [2.05, 4.69) is 6.92 Å². The van der Waals surface area contributed by atoms with Crippen molar-refractivity contribution in [3.8, 4) is 5.75 Å². The Labute approximate surface area is 96.5 Å². The maximum absolute atomic E-state index is 6.05. The predicted octanol–water partition coefficient (Wildman–Crippen LogP) is 1.74. The largest absolute Gasteiger partial charge is 0.492 e. The Morgan fingerprint density at radius 1 is 1.44 bits per heavy atom. The lowest BCUT2D eigenvalue weighted by Gasteiger charge is -2.18. The maximum atomic E-state index is 6.05. The van der Waals surface area contributed by atoms with Gasteiger partial charge in [-0.1, -0.05) is 17.7 Å². The molecule has 2 atom stereocenters. The average Bonchev–Trinajstić information content (AvgIpc) is 2.81. The molecule has 1 heterocycles. The van der Waals surface area contributed by atoms with Crippen LogP contribution in [-0.2, 0) is 4.74 Å². The molecule has 1 aliphatic heterocycles. The van der Waals surface area contributed by atoms with Gasteiger partial charge in [-0.25, -0.2) is 0 Å². The van der Waals surface area contributed by atoms with Gasteiger partial charge < -0.3 is 15.2 Å². The minimum atomic E-state index is 0.0730. The van der Waals surface area contributed by atoms with Crippen molar-refractivity contribution in [2.45, 2.75) is 19.4 Å². The molecule has 1 aromatic carbocycles. The molecule has 3 nitrogen and oxygen atoms in total. The van der Waals surface area contributed by atoms with Crippen LogP contribution >= 0.6 is 0 Å². The Morgan fingerprint density at radius 3 is 2.81 bits per heavy atom. The van der Waals surface area contributed by atoms with Gasteiger partial charge in [0.1, 0.15) is 12.4 Å². The second kappa shape index (κ2) is 5.32. The summed E-state index contributed by atoms with van der Waals surface area (Å²) in [5.41, 5.74) is 7.29. The molecule has 0 radical (unpaired) electrons. The molecule has 0 amide bonds. The second-order valence-electron chi connectivity index (χ2n) is 4.41. The maximum Gasteiger partial charge on any atom is 0.119 e. The predicted molar refractivity (Wildman–Crippen MR) is 63.6 cm³/mol. The highest BCUT2D eigenvalue weighted by atomic mass is 16.5. The summed E-state index contributed by atoms with van der Waals surface area (Å²) in [5.74, 6) is 1.34. The number of benzene rings is 1. The molecule has 0 spiro atoms. The van der Waals surface area contributed by atoms with Crippen LogP contribution in [0.4, 0.5) is 0 Å². The summed E-state index contributed by atoms with van der Waals surface area (Å²) in [6.07, 6.45) is 1.05. The Kier molecular flexibility index (Phi) is 3.80. The molecule has 0 saturated carbocycles. The molecule has 0 aromatic heterocycles. The second-order valence-corrected chi connectivity index (χ2v) is 4.41. The van der Waals surface area contributed by atoms with Crippen LogP contribution in [0.25, 0.3) is 0 Å². The topological polar surface area (TPSA) is 44.5 Å². The molecule has 1 aromatic rings. The standard InChI is InChI=1S/C13H19NO2/c1-10-2-4-12(5-3-10)16-9-13(14)11-6-7-15-8-11/h2-5,11,13H,6-9,14H2,1H3. The van der Waals surface area contributed by atoms with Crippen LogP contribution in [0.3, 0.4) is 0 Å². The van der Waals surface area contributed by atoms with Crippen molar-refractivity contribution in [3.63, 3.8) is 0 Å². The summed E-state index contributed by atoms with van der Waals surface area (Å²) in [7, 11) is 0. The van der Waals surface area contributed by atoms with Crippen molar-refractivity contribution in [3.05, 3.63) is 29.8 Å². The molecule has 2 N–H and O–H groups in total. The monoisotopic (exact) mass is 221 g/mol. The van der Waals surface area contributed by atoms with E-state index in [1.807, 2.05) is 24.3 Å². The summed E-state index contributed by atoms with van der Waals surface area (Å²) in [6, 6.07) is 8.11. The van der Waals surface area contributed by atoms with E-state index in [1.54, 1.807) is 0 Å². The van der Waals surface area contributed by atoms with Gasteiger partial charge in [0.2, 0.25) is 0 Å². The Morgan fingerprint density at radius 2 is 2.19 bits per heavy atom. The fourth-order valence-corrected chi connectivity index (χ4v) is 1.85. The zero-order chi connectivity index (χ0) is 11.4. The highest BCUT2D eigenvalue weighted by Gasteiger charge is 2.23. The number of hydrogen-bond acceptors (Lipinski definition) is 3. The van der Waals surface area contributed by atoms with Gasteiger partial charge in [0, 0.05) is 18.6 Å². The van der Waals surface area contributed by atoms with E-state index in [0.717, 1.165) is 25.4 Å². The van der Waals surface area contributed by atoms with Crippen molar-refractivity contribution in [1.82, 2.24) is 0 Å². The van der Waals surface area contributed by atoms with Crippen LogP contribution in [0.15, 0.2) is 24.3 Å².